The van der Waals surface area contributed by atoms with Crippen LogP contribution in [0.3, 0.4) is 0 Å². The van der Waals surface area contributed by atoms with Crippen LogP contribution in [0.1, 0.15) is 22.3 Å². The lowest BCUT2D eigenvalue weighted by Gasteiger charge is -2.31. The molecule has 8 nitrogen and oxygen atoms in total. The molecule has 1 heterocycles. The van der Waals surface area contributed by atoms with Crippen LogP contribution in [0.2, 0.25) is 5.02 Å². The van der Waals surface area contributed by atoms with Gasteiger partial charge in [-0.1, -0.05) is 67.7 Å². The van der Waals surface area contributed by atoms with Crippen molar-refractivity contribution in [3.8, 4) is 0 Å². The van der Waals surface area contributed by atoms with E-state index in [-0.39, 0.29) is 33.6 Å². The van der Waals surface area contributed by atoms with Gasteiger partial charge in [0.15, 0.2) is 0 Å². The molecule has 34 heavy (non-hydrogen) atoms. The molecular weight excluding hydrogens is 594 g/mol. The minimum Gasteiger partial charge on any atom is -0.272 e. The van der Waals surface area contributed by atoms with Gasteiger partial charge in [-0.2, -0.15) is 5.01 Å². The van der Waals surface area contributed by atoms with E-state index in [2.05, 4.69) is 31.9 Å². The van der Waals surface area contributed by atoms with Crippen molar-refractivity contribution in [2.45, 2.75) is 22.6 Å². The largest absolute Gasteiger partial charge is 0.282 e. The van der Waals surface area contributed by atoms with Gasteiger partial charge in [0.05, 0.1) is 23.3 Å². The molecule has 3 aliphatic rings. The van der Waals surface area contributed by atoms with E-state index in [1.54, 1.807) is 24.3 Å². The molecule has 2 bridgehead atoms. The van der Waals surface area contributed by atoms with Gasteiger partial charge < -0.3 is 0 Å². The quantitative estimate of drug-likeness (QED) is 0.213. The van der Waals surface area contributed by atoms with E-state index in [0.29, 0.717) is 10.6 Å². The van der Waals surface area contributed by atoms with Gasteiger partial charge in [0.25, 0.3) is 23.4 Å². The van der Waals surface area contributed by atoms with Crippen molar-refractivity contribution in [2.75, 3.05) is 0 Å². The zero-order chi connectivity index (χ0) is 24.3. The number of hydrazine groups is 1. The minimum absolute atomic E-state index is 0.0284. The van der Waals surface area contributed by atoms with Crippen molar-refractivity contribution in [2.24, 2.45) is 23.7 Å². The Kier molecular flexibility index (Phi) is 6.02. The van der Waals surface area contributed by atoms with Crippen LogP contribution in [-0.2, 0) is 16.1 Å². The lowest BCUT2D eigenvalue weighted by molar-refractivity contribution is -0.385. The Morgan fingerprint density at radius 3 is 2.15 bits per heavy atom. The second-order valence-corrected chi connectivity index (χ2v) is 11.3. The van der Waals surface area contributed by atoms with Crippen LogP contribution in [0.5, 0.6) is 0 Å². The first-order valence-electron chi connectivity index (χ1n) is 10.7. The second kappa shape index (κ2) is 8.73. The number of alkyl halides is 2. The number of benzene rings is 2. The van der Waals surface area contributed by atoms with Crippen LogP contribution in [0.4, 0.5) is 5.69 Å². The average molecular weight is 612 g/mol. The maximum absolute atomic E-state index is 13.7. The molecule has 1 aliphatic heterocycles. The van der Waals surface area contributed by atoms with Crippen molar-refractivity contribution in [3.05, 3.63) is 74.8 Å². The van der Waals surface area contributed by atoms with Gasteiger partial charge >= 0.3 is 0 Å². The summed E-state index contributed by atoms with van der Waals surface area (Å²) in [7, 11) is 0. The van der Waals surface area contributed by atoms with E-state index in [9.17, 15) is 24.5 Å². The highest BCUT2D eigenvalue weighted by Crippen LogP contribution is 2.60. The molecule has 2 aromatic rings. The molecule has 176 valence electrons. The molecule has 3 fully saturated rings. The Bertz CT molecular complexity index is 1180. The van der Waals surface area contributed by atoms with E-state index < -0.39 is 40.2 Å². The highest BCUT2D eigenvalue weighted by molar-refractivity contribution is 9.12. The van der Waals surface area contributed by atoms with Crippen LogP contribution < -0.4 is 0 Å². The molecule has 3 amide bonds. The number of nitrogens with zero attached hydrogens (tertiary/aromatic N) is 3. The second-order valence-electron chi connectivity index (χ2n) is 8.76. The first kappa shape index (κ1) is 23.4. The molecule has 11 heteroatoms. The normalized spacial score (nSPS) is 29.4. The number of para-hydroxylation sites is 1. The van der Waals surface area contributed by atoms with E-state index in [4.69, 9.17) is 11.6 Å². The maximum Gasteiger partial charge on any atom is 0.282 e. The fourth-order valence-corrected chi connectivity index (χ4v) is 7.52. The van der Waals surface area contributed by atoms with Crippen LogP contribution in [0.25, 0.3) is 0 Å². The van der Waals surface area contributed by atoms with Gasteiger partial charge in [-0.25, -0.2) is 5.01 Å². The SMILES string of the molecule is O=C(c1ccccc1[N+](=O)[O-])N(Cc1ccc(Cl)cc1)N1C(=O)[C@@H]2[C@H]3C[C@@H]([C@H](Br)[C@@H]3Br)[C@@H]2C1=O. The van der Waals surface area contributed by atoms with Gasteiger partial charge in [-0.15, -0.1) is 0 Å². The number of carbonyl (C=O) groups excluding carboxylic acids is 3. The smallest absolute Gasteiger partial charge is 0.272 e. The third-order valence-electron chi connectivity index (χ3n) is 7.02. The monoisotopic (exact) mass is 609 g/mol. The van der Waals surface area contributed by atoms with Crippen molar-refractivity contribution < 1.29 is 19.3 Å². The maximum atomic E-state index is 13.7. The summed E-state index contributed by atoms with van der Waals surface area (Å²) in [5, 5.41) is 14.0. The van der Waals surface area contributed by atoms with Crippen molar-refractivity contribution in [3.63, 3.8) is 0 Å². The van der Waals surface area contributed by atoms with Crippen molar-refractivity contribution in [1.29, 1.82) is 0 Å². The number of hydrogen-bond acceptors (Lipinski definition) is 5. The summed E-state index contributed by atoms with van der Waals surface area (Å²) in [5.74, 6) is -2.77. The third kappa shape index (κ3) is 3.58. The van der Waals surface area contributed by atoms with Gasteiger partial charge in [0, 0.05) is 20.7 Å². The first-order valence-corrected chi connectivity index (χ1v) is 12.9. The molecule has 2 aliphatic carbocycles. The molecule has 5 rings (SSSR count). The van der Waals surface area contributed by atoms with Gasteiger partial charge in [0.2, 0.25) is 0 Å². The molecule has 0 N–H and O–H groups in total. The zero-order valence-corrected chi connectivity index (χ0v) is 21.4. The predicted octanol–water partition coefficient (Wildman–Crippen LogP) is 4.58. The highest BCUT2D eigenvalue weighted by atomic mass is 79.9. The number of fused-ring (bicyclic) bond motifs is 5. The van der Waals surface area contributed by atoms with Crippen LogP contribution in [-0.4, -0.2) is 42.3 Å². The number of hydrogen-bond donors (Lipinski definition) is 0. The summed E-state index contributed by atoms with van der Waals surface area (Å²) >= 11 is 13.3. The lowest BCUT2D eigenvalue weighted by atomic mass is 9.81. The number of amides is 3. The number of rotatable bonds is 5. The fraction of sp³-hybridized carbons (Fsp3) is 0.348. The Hall–Kier alpha value is -2.30. The fourth-order valence-electron chi connectivity index (χ4n) is 5.52. The van der Waals surface area contributed by atoms with Gasteiger partial charge in [0.1, 0.15) is 5.56 Å². The van der Waals surface area contributed by atoms with Gasteiger partial charge in [-0.3, -0.25) is 24.5 Å². The number of imide groups is 1. The van der Waals surface area contributed by atoms with Crippen LogP contribution in [0.15, 0.2) is 48.5 Å². The van der Waals surface area contributed by atoms with E-state index in [0.717, 1.165) is 16.4 Å². The zero-order valence-electron chi connectivity index (χ0n) is 17.5. The topological polar surface area (TPSA) is 101 Å². The predicted molar refractivity (Wildman–Crippen MR) is 130 cm³/mol. The summed E-state index contributed by atoms with van der Waals surface area (Å²) in [4.78, 5) is 51.9. The number of nitro benzene ring substituents is 1. The molecule has 0 unspecified atom stereocenters. The van der Waals surface area contributed by atoms with Crippen LogP contribution >= 0.6 is 43.5 Å². The van der Waals surface area contributed by atoms with E-state index in [1.807, 2.05) is 0 Å². The Morgan fingerprint density at radius 1 is 1.03 bits per heavy atom. The van der Waals surface area contributed by atoms with E-state index in [1.165, 1.54) is 24.3 Å². The van der Waals surface area contributed by atoms with Crippen molar-refractivity contribution >= 4 is 66.9 Å². The van der Waals surface area contributed by atoms with Crippen LogP contribution in [0, 0.1) is 33.8 Å². The molecule has 0 radical (unpaired) electrons. The summed E-state index contributed by atoms with van der Waals surface area (Å²) in [5.41, 5.74) is 0.0292. The molecule has 0 spiro atoms. The Morgan fingerprint density at radius 2 is 1.59 bits per heavy atom. The third-order valence-corrected chi connectivity index (χ3v) is 10.5. The number of halogens is 3. The molecule has 0 aromatic heterocycles. The highest BCUT2D eigenvalue weighted by Gasteiger charge is 2.67. The first-order chi connectivity index (χ1) is 16.2. The van der Waals surface area contributed by atoms with E-state index >= 15 is 0 Å². The van der Waals surface area contributed by atoms with Gasteiger partial charge in [-0.05, 0) is 42.0 Å². The summed E-state index contributed by atoms with van der Waals surface area (Å²) < 4.78 is 0. The number of nitro groups is 1. The molecule has 2 saturated carbocycles. The Labute approximate surface area is 216 Å². The Balaban J connectivity index is 1.56. The molecular formula is C23H18Br2ClN3O5. The summed E-state index contributed by atoms with van der Waals surface area (Å²) in [6.45, 7) is -0.121. The molecule has 2 aromatic carbocycles. The van der Waals surface area contributed by atoms with Crippen molar-refractivity contribution in [1.82, 2.24) is 10.0 Å². The standard InChI is InChI=1S/C23H18Br2ClN3O5/c24-19-14-9-15(20(19)25)18-17(14)22(31)28(23(18)32)27(10-11-5-7-12(26)8-6-11)21(30)13-3-1-2-4-16(13)29(33)34/h1-8,14-15,17-20H,9-10H2/t14-,15-,17-,18+,19-,20+/m1/s1. The average Bonchev–Trinajstić information content (AvgIpc) is 3.43. The lowest BCUT2D eigenvalue weighted by Crippen LogP contribution is -2.50. The summed E-state index contributed by atoms with van der Waals surface area (Å²) in [6.07, 6.45) is 0.752. The molecule has 6 atom stereocenters. The minimum atomic E-state index is -0.790. The summed E-state index contributed by atoms with van der Waals surface area (Å²) in [6, 6.07) is 12.2. The molecule has 1 saturated heterocycles. The number of carbonyl (C=O) groups is 3.